The monoisotopic (exact) mass is 487 g/mol. The molecule has 1 saturated carbocycles. The van der Waals surface area contributed by atoms with Crippen LogP contribution in [0.5, 0.6) is 0 Å². The fourth-order valence-electron chi connectivity index (χ4n) is 4.95. The molecule has 188 valence electrons. The maximum absolute atomic E-state index is 13.0. The molecule has 0 radical (unpaired) electrons. The van der Waals surface area contributed by atoms with Crippen molar-refractivity contribution in [2.24, 2.45) is 11.8 Å². The molecule has 5 rings (SSSR count). The molecule has 2 aliphatic rings. The molecular weight excluding hydrogens is 454 g/mol. The third kappa shape index (κ3) is 5.12. The van der Waals surface area contributed by atoms with Crippen molar-refractivity contribution < 1.29 is 14.3 Å². The van der Waals surface area contributed by atoms with Gasteiger partial charge in [-0.3, -0.25) is 9.78 Å². The highest BCUT2D eigenvalue weighted by Crippen LogP contribution is 2.35. The lowest BCUT2D eigenvalue weighted by Crippen LogP contribution is -2.29. The number of anilines is 2. The first kappa shape index (κ1) is 24.0. The Labute approximate surface area is 211 Å². The van der Waals surface area contributed by atoms with Crippen molar-refractivity contribution in [3.05, 3.63) is 60.2 Å². The molecule has 8 nitrogen and oxygen atoms in total. The van der Waals surface area contributed by atoms with Crippen LogP contribution in [0.25, 0.3) is 11.0 Å². The predicted octanol–water partition coefficient (Wildman–Crippen LogP) is 4.97. The Morgan fingerprint density at radius 2 is 2.06 bits per heavy atom. The number of carbonyl (C=O) groups excluding carboxylic acids is 2. The van der Waals surface area contributed by atoms with Gasteiger partial charge in [0.25, 0.3) is 0 Å². The van der Waals surface area contributed by atoms with Gasteiger partial charge in [-0.25, -0.2) is 9.78 Å². The fourth-order valence-corrected chi connectivity index (χ4v) is 4.95. The van der Waals surface area contributed by atoms with Gasteiger partial charge in [-0.1, -0.05) is 24.6 Å². The Balaban J connectivity index is 1.51. The zero-order valence-corrected chi connectivity index (χ0v) is 20.7. The molecule has 1 atom stereocenters. The van der Waals surface area contributed by atoms with Gasteiger partial charge in [0.05, 0.1) is 24.7 Å². The zero-order chi connectivity index (χ0) is 24.9. The lowest BCUT2D eigenvalue weighted by molar-refractivity contribution is -0.122. The number of fused-ring (bicyclic) bond motifs is 1. The van der Waals surface area contributed by atoms with Crippen LogP contribution in [0, 0.1) is 11.8 Å². The number of esters is 1. The highest BCUT2D eigenvalue weighted by atomic mass is 16.5. The standard InChI is InChI=1S/C28H33N5O3/c1-36-28(35)25-24(32-27(34)20-10-7-11-20)23-16-22(30-17-19-8-3-2-4-9-19)18-31-26(23)33(25)15-13-21-12-5-6-14-29-21/h2-3,5-6,12,14,16,18-20,30H,4,7-11,13,15,17H2,1H3,(H,32,34)/t19-/m0/s1. The quantitative estimate of drug-likeness (QED) is 0.327. The molecule has 2 N–H and O–H groups in total. The summed E-state index contributed by atoms with van der Waals surface area (Å²) < 4.78 is 7.01. The molecule has 0 unspecified atom stereocenters. The third-order valence-corrected chi connectivity index (χ3v) is 7.29. The van der Waals surface area contributed by atoms with Crippen LogP contribution >= 0.6 is 0 Å². The SMILES string of the molecule is COC(=O)c1c(NC(=O)C2CCC2)c2cc(NC[C@H]3CC=CCC3)cnc2n1CCc1ccccn1. The molecule has 0 bridgehead atoms. The molecule has 36 heavy (non-hydrogen) atoms. The van der Waals surface area contributed by atoms with E-state index in [1.165, 1.54) is 7.11 Å². The number of amides is 1. The molecule has 3 aromatic heterocycles. The van der Waals surface area contributed by atoms with Gasteiger partial charge in [-0.05, 0) is 56.2 Å². The van der Waals surface area contributed by atoms with E-state index >= 15 is 0 Å². The van der Waals surface area contributed by atoms with Gasteiger partial charge >= 0.3 is 5.97 Å². The maximum atomic E-state index is 13.0. The molecule has 0 aliphatic heterocycles. The lowest BCUT2D eigenvalue weighted by atomic mass is 9.85. The number of ether oxygens (including phenoxy) is 1. The number of carbonyl (C=O) groups is 2. The maximum Gasteiger partial charge on any atom is 0.356 e. The van der Waals surface area contributed by atoms with Crippen molar-refractivity contribution in [1.82, 2.24) is 14.5 Å². The molecule has 0 aromatic carbocycles. The van der Waals surface area contributed by atoms with Crippen molar-refractivity contribution in [1.29, 1.82) is 0 Å². The summed E-state index contributed by atoms with van der Waals surface area (Å²) in [6.07, 6.45) is 14.8. The average molecular weight is 488 g/mol. The van der Waals surface area contributed by atoms with Gasteiger partial charge in [0, 0.05) is 42.7 Å². The summed E-state index contributed by atoms with van der Waals surface area (Å²) in [5.41, 5.74) is 3.22. The molecule has 1 fully saturated rings. The molecule has 0 spiro atoms. The Hall–Kier alpha value is -3.68. The van der Waals surface area contributed by atoms with Crippen LogP contribution in [0.4, 0.5) is 11.4 Å². The van der Waals surface area contributed by atoms with Gasteiger partial charge in [0.2, 0.25) is 5.91 Å². The van der Waals surface area contributed by atoms with Crippen molar-refractivity contribution >= 4 is 34.3 Å². The second kappa shape index (κ2) is 10.9. The Bertz CT molecular complexity index is 1260. The summed E-state index contributed by atoms with van der Waals surface area (Å²) in [6, 6.07) is 7.77. The van der Waals surface area contributed by atoms with Crippen LogP contribution < -0.4 is 10.6 Å². The summed E-state index contributed by atoms with van der Waals surface area (Å²) in [5, 5.41) is 7.32. The summed E-state index contributed by atoms with van der Waals surface area (Å²) in [7, 11) is 1.36. The van der Waals surface area contributed by atoms with E-state index in [9.17, 15) is 9.59 Å². The number of rotatable bonds is 9. The normalized spacial score (nSPS) is 17.5. The Morgan fingerprint density at radius 3 is 2.75 bits per heavy atom. The number of allylic oxidation sites excluding steroid dienone is 2. The van der Waals surface area contributed by atoms with E-state index in [4.69, 9.17) is 9.72 Å². The molecule has 3 aromatic rings. The van der Waals surface area contributed by atoms with Crippen LogP contribution in [0.15, 0.2) is 48.8 Å². The van der Waals surface area contributed by atoms with E-state index in [2.05, 4.69) is 27.8 Å². The van der Waals surface area contributed by atoms with Crippen LogP contribution in [0.1, 0.15) is 54.7 Å². The minimum absolute atomic E-state index is 0.0176. The van der Waals surface area contributed by atoms with E-state index in [0.717, 1.165) is 61.8 Å². The minimum atomic E-state index is -0.499. The average Bonchev–Trinajstić information content (AvgIpc) is 3.18. The zero-order valence-electron chi connectivity index (χ0n) is 20.7. The highest BCUT2D eigenvalue weighted by molar-refractivity contribution is 6.11. The number of hydrogen-bond acceptors (Lipinski definition) is 6. The molecular formula is C28H33N5O3. The molecule has 1 amide bonds. The summed E-state index contributed by atoms with van der Waals surface area (Å²) in [6.45, 7) is 1.33. The summed E-state index contributed by atoms with van der Waals surface area (Å²) in [4.78, 5) is 35.2. The lowest BCUT2D eigenvalue weighted by Gasteiger charge is -2.24. The number of methoxy groups -OCH3 is 1. The molecule has 0 saturated heterocycles. The number of nitrogens with zero attached hydrogens (tertiary/aromatic N) is 3. The largest absolute Gasteiger partial charge is 0.464 e. The number of pyridine rings is 2. The van der Waals surface area contributed by atoms with Crippen molar-refractivity contribution in [3.8, 4) is 0 Å². The first-order valence-corrected chi connectivity index (χ1v) is 12.8. The smallest absolute Gasteiger partial charge is 0.356 e. The van der Waals surface area contributed by atoms with Gasteiger partial charge in [0.1, 0.15) is 5.65 Å². The van der Waals surface area contributed by atoms with E-state index in [1.54, 1.807) is 12.4 Å². The number of hydrogen-bond donors (Lipinski definition) is 2. The second-order valence-electron chi connectivity index (χ2n) is 9.68. The fraction of sp³-hybridized carbons (Fsp3) is 0.429. The van der Waals surface area contributed by atoms with Gasteiger partial charge < -0.3 is 19.9 Å². The predicted molar refractivity (Wildman–Crippen MR) is 140 cm³/mol. The minimum Gasteiger partial charge on any atom is -0.464 e. The van der Waals surface area contributed by atoms with E-state index in [-0.39, 0.29) is 11.8 Å². The number of nitrogens with one attached hydrogen (secondary N) is 2. The van der Waals surface area contributed by atoms with Crippen LogP contribution in [0.2, 0.25) is 0 Å². The highest BCUT2D eigenvalue weighted by Gasteiger charge is 2.30. The molecule has 8 heteroatoms. The number of aryl methyl sites for hydroxylation is 2. The van der Waals surface area contributed by atoms with Crippen molar-refractivity contribution in [2.75, 3.05) is 24.3 Å². The Kier molecular flexibility index (Phi) is 7.30. The van der Waals surface area contributed by atoms with Gasteiger partial charge in [0.15, 0.2) is 5.69 Å². The van der Waals surface area contributed by atoms with Crippen LogP contribution in [-0.2, 0) is 22.5 Å². The van der Waals surface area contributed by atoms with E-state index in [0.29, 0.717) is 35.9 Å². The topological polar surface area (TPSA) is 98.1 Å². The van der Waals surface area contributed by atoms with Crippen molar-refractivity contribution in [3.63, 3.8) is 0 Å². The van der Waals surface area contributed by atoms with Crippen molar-refractivity contribution in [2.45, 2.75) is 51.5 Å². The second-order valence-corrected chi connectivity index (χ2v) is 9.68. The summed E-state index contributed by atoms with van der Waals surface area (Å²) >= 11 is 0. The van der Waals surface area contributed by atoms with E-state index in [1.807, 2.05) is 28.8 Å². The number of aromatic nitrogens is 3. The van der Waals surface area contributed by atoms with Crippen LogP contribution in [-0.4, -0.2) is 40.1 Å². The summed E-state index contributed by atoms with van der Waals surface area (Å²) in [5.74, 6) is 0.0112. The van der Waals surface area contributed by atoms with E-state index < -0.39 is 5.97 Å². The van der Waals surface area contributed by atoms with Crippen LogP contribution in [0.3, 0.4) is 0 Å². The molecule has 3 heterocycles. The first-order valence-electron chi connectivity index (χ1n) is 12.8. The van der Waals surface area contributed by atoms with Gasteiger partial charge in [-0.2, -0.15) is 0 Å². The van der Waals surface area contributed by atoms with Gasteiger partial charge in [-0.15, -0.1) is 0 Å². The Morgan fingerprint density at radius 1 is 1.17 bits per heavy atom. The first-order chi connectivity index (χ1) is 17.6. The third-order valence-electron chi connectivity index (χ3n) is 7.29. The molecule has 2 aliphatic carbocycles.